The van der Waals surface area contributed by atoms with Crippen molar-refractivity contribution >= 4 is 16.9 Å². The quantitative estimate of drug-likeness (QED) is 0.272. The first kappa shape index (κ1) is 19.7. The molecule has 4 N–H and O–H groups in total. The summed E-state index contributed by atoms with van der Waals surface area (Å²) >= 11 is 0. The summed E-state index contributed by atoms with van der Waals surface area (Å²) in [5, 5.41) is 17.0. The molecule has 0 unspecified atom stereocenters. The maximum absolute atomic E-state index is 13.3. The van der Waals surface area contributed by atoms with Crippen molar-refractivity contribution in [2.45, 2.75) is 26.2 Å². The molecule has 1 heterocycles. The number of benzene rings is 2. The van der Waals surface area contributed by atoms with E-state index in [0.717, 1.165) is 61.3 Å². The van der Waals surface area contributed by atoms with Crippen LogP contribution in [-0.2, 0) is 12.8 Å². The number of halogens is 1. The van der Waals surface area contributed by atoms with Crippen molar-refractivity contribution in [3.8, 4) is 5.75 Å². The molecule has 0 aliphatic heterocycles. The summed E-state index contributed by atoms with van der Waals surface area (Å²) < 4.78 is 13.3. The van der Waals surface area contributed by atoms with Crippen molar-refractivity contribution in [1.29, 1.82) is 0 Å². The van der Waals surface area contributed by atoms with E-state index < -0.39 is 0 Å². The Morgan fingerprint density at radius 2 is 1.93 bits per heavy atom. The number of hydrogen-bond acceptors (Lipinski definition) is 2. The smallest absolute Gasteiger partial charge is 0.191 e. The number of fused-ring (bicyclic) bond motifs is 1. The Labute approximate surface area is 164 Å². The maximum Gasteiger partial charge on any atom is 0.191 e. The second-order valence-electron chi connectivity index (χ2n) is 6.71. The minimum absolute atomic E-state index is 0.229. The Morgan fingerprint density at radius 1 is 1.11 bits per heavy atom. The number of hydrogen-bond donors (Lipinski definition) is 4. The van der Waals surface area contributed by atoms with Gasteiger partial charge >= 0.3 is 0 Å². The highest BCUT2D eigenvalue weighted by atomic mass is 19.1. The van der Waals surface area contributed by atoms with Crippen molar-refractivity contribution in [1.82, 2.24) is 15.6 Å². The van der Waals surface area contributed by atoms with Crippen LogP contribution in [0.15, 0.2) is 53.7 Å². The van der Waals surface area contributed by atoms with Crippen LogP contribution in [0.3, 0.4) is 0 Å². The van der Waals surface area contributed by atoms with Gasteiger partial charge in [0.05, 0.1) is 0 Å². The average Bonchev–Trinajstić information content (AvgIpc) is 3.08. The van der Waals surface area contributed by atoms with Gasteiger partial charge in [0.1, 0.15) is 11.6 Å². The van der Waals surface area contributed by atoms with E-state index in [2.05, 4.69) is 20.6 Å². The van der Waals surface area contributed by atoms with Gasteiger partial charge in [-0.3, -0.25) is 4.99 Å². The second kappa shape index (κ2) is 9.78. The van der Waals surface area contributed by atoms with Gasteiger partial charge < -0.3 is 20.7 Å². The van der Waals surface area contributed by atoms with Gasteiger partial charge in [0.2, 0.25) is 0 Å². The van der Waals surface area contributed by atoms with Crippen LogP contribution in [0.25, 0.3) is 10.9 Å². The number of guanidine groups is 1. The normalized spacial score (nSPS) is 11.7. The van der Waals surface area contributed by atoms with Gasteiger partial charge in [0, 0.05) is 36.7 Å². The Balaban J connectivity index is 1.48. The summed E-state index contributed by atoms with van der Waals surface area (Å²) in [5.41, 5.74) is 3.18. The van der Waals surface area contributed by atoms with Crippen molar-refractivity contribution < 1.29 is 9.50 Å². The average molecular weight is 382 g/mol. The van der Waals surface area contributed by atoms with Crippen molar-refractivity contribution in [3.63, 3.8) is 0 Å². The number of aliphatic imine (C=N–C) groups is 1. The summed E-state index contributed by atoms with van der Waals surface area (Å²) in [5.74, 6) is 0.868. The summed E-state index contributed by atoms with van der Waals surface area (Å²) in [7, 11) is 0. The molecule has 0 saturated carbocycles. The van der Waals surface area contributed by atoms with E-state index in [0.29, 0.717) is 5.75 Å². The van der Waals surface area contributed by atoms with Gasteiger partial charge in [-0.2, -0.15) is 0 Å². The summed E-state index contributed by atoms with van der Waals surface area (Å²) in [6.07, 6.45) is 4.63. The molecule has 0 aliphatic rings. The lowest BCUT2D eigenvalue weighted by Gasteiger charge is -2.11. The molecule has 1 aromatic heterocycles. The summed E-state index contributed by atoms with van der Waals surface area (Å²) in [4.78, 5) is 7.75. The molecule has 5 nitrogen and oxygen atoms in total. The third-order valence-electron chi connectivity index (χ3n) is 4.59. The van der Waals surface area contributed by atoms with E-state index in [1.165, 1.54) is 17.7 Å². The number of aromatic amines is 1. The first-order valence-electron chi connectivity index (χ1n) is 9.71. The predicted octanol–water partition coefficient (Wildman–Crippen LogP) is 3.74. The highest BCUT2D eigenvalue weighted by Gasteiger charge is 2.05. The second-order valence-corrected chi connectivity index (χ2v) is 6.71. The SMILES string of the molecule is CCNC(=NCCCc1ccc(O)cc1)NCCc1c[nH]c2cc(F)ccc12. The molecular formula is C22H27FN4O. The van der Waals surface area contributed by atoms with Gasteiger partial charge in [-0.15, -0.1) is 0 Å². The van der Waals surface area contributed by atoms with Crippen molar-refractivity contribution in [2.75, 3.05) is 19.6 Å². The lowest BCUT2D eigenvalue weighted by molar-refractivity contribution is 0.475. The van der Waals surface area contributed by atoms with Gasteiger partial charge in [0.15, 0.2) is 5.96 Å². The van der Waals surface area contributed by atoms with Gasteiger partial charge in [-0.1, -0.05) is 12.1 Å². The zero-order chi connectivity index (χ0) is 19.8. The van der Waals surface area contributed by atoms with Crippen molar-refractivity contribution in [3.05, 3.63) is 65.6 Å². The number of rotatable bonds is 8. The third kappa shape index (κ3) is 5.49. The molecule has 0 spiro atoms. The molecule has 0 fully saturated rings. The minimum Gasteiger partial charge on any atom is -0.508 e. The van der Waals surface area contributed by atoms with Crippen LogP contribution in [-0.4, -0.2) is 35.7 Å². The van der Waals surface area contributed by atoms with Gasteiger partial charge in [0.25, 0.3) is 0 Å². The Morgan fingerprint density at radius 3 is 2.71 bits per heavy atom. The topological polar surface area (TPSA) is 72.4 Å². The molecule has 0 atom stereocenters. The molecule has 3 rings (SSSR count). The van der Waals surface area contributed by atoms with Crippen LogP contribution in [0, 0.1) is 5.82 Å². The molecule has 0 aliphatic carbocycles. The Bertz CT molecular complexity index is 918. The van der Waals surface area contributed by atoms with Crippen molar-refractivity contribution in [2.24, 2.45) is 4.99 Å². The summed E-state index contributed by atoms with van der Waals surface area (Å²) in [6, 6.07) is 12.1. The molecule has 3 aromatic rings. The van der Waals surface area contributed by atoms with E-state index >= 15 is 0 Å². The van der Waals surface area contributed by atoms with E-state index in [1.54, 1.807) is 12.1 Å². The Hall–Kier alpha value is -3.02. The summed E-state index contributed by atoms with van der Waals surface area (Å²) in [6.45, 7) is 4.31. The molecule has 28 heavy (non-hydrogen) atoms. The fourth-order valence-electron chi connectivity index (χ4n) is 3.16. The number of nitrogens with zero attached hydrogens (tertiary/aromatic N) is 1. The van der Waals surface area contributed by atoms with Crippen LogP contribution >= 0.6 is 0 Å². The number of nitrogens with one attached hydrogen (secondary N) is 3. The fourth-order valence-corrected chi connectivity index (χ4v) is 3.16. The molecular weight excluding hydrogens is 355 g/mol. The van der Waals surface area contributed by atoms with E-state index in [9.17, 15) is 9.50 Å². The molecule has 0 amide bonds. The first-order chi connectivity index (χ1) is 13.7. The molecule has 0 bridgehead atoms. The molecule has 0 saturated heterocycles. The van der Waals surface area contributed by atoms with Gasteiger partial charge in [-0.05, 0) is 67.6 Å². The Kier molecular flexibility index (Phi) is 6.89. The predicted molar refractivity (Wildman–Crippen MR) is 112 cm³/mol. The number of aromatic hydroxyl groups is 1. The zero-order valence-electron chi connectivity index (χ0n) is 16.1. The van der Waals surface area contributed by atoms with Crippen LogP contribution in [0.4, 0.5) is 4.39 Å². The van der Waals surface area contributed by atoms with Gasteiger partial charge in [-0.25, -0.2) is 4.39 Å². The number of H-pyrrole nitrogens is 1. The monoisotopic (exact) mass is 382 g/mol. The maximum atomic E-state index is 13.3. The first-order valence-corrected chi connectivity index (χ1v) is 9.71. The molecule has 6 heteroatoms. The number of phenolic OH excluding ortho intramolecular Hbond substituents is 1. The number of phenols is 1. The largest absolute Gasteiger partial charge is 0.508 e. The molecule has 0 radical (unpaired) electrons. The number of aryl methyl sites for hydroxylation is 1. The van der Waals surface area contributed by atoms with E-state index in [-0.39, 0.29) is 5.82 Å². The molecule has 2 aromatic carbocycles. The highest BCUT2D eigenvalue weighted by molar-refractivity contribution is 5.83. The lowest BCUT2D eigenvalue weighted by atomic mass is 10.1. The highest BCUT2D eigenvalue weighted by Crippen LogP contribution is 2.19. The molecule has 148 valence electrons. The standard InChI is InChI=1S/C22H27FN4O/c1-2-24-22(25-12-3-4-16-5-8-19(28)9-6-16)26-13-11-17-15-27-21-14-18(23)7-10-20(17)21/h5-10,14-15,27-28H,2-4,11-13H2,1H3,(H2,24,25,26). The third-order valence-corrected chi connectivity index (χ3v) is 4.59. The number of aromatic nitrogens is 1. The fraction of sp³-hybridized carbons (Fsp3) is 0.318. The van der Waals surface area contributed by atoms with E-state index in [1.807, 2.05) is 31.3 Å². The van der Waals surface area contributed by atoms with Crippen LogP contribution < -0.4 is 10.6 Å². The minimum atomic E-state index is -0.229. The van der Waals surface area contributed by atoms with Crippen LogP contribution in [0.1, 0.15) is 24.5 Å². The van der Waals surface area contributed by atoms with Crippen LogP contribution in [0.5, 0.6) is 5.75 Å². The zero-order valence-corrected chi connectivity index (χ0v) is 16.1. The van der Waals surface area contributed by atoms with Crippen LogP contribution in [0.2, 0.25) is 0 Å². The van der Waals surface area contributed by atoms with E-state index in [4.69, 9.17) is 0 Å². The lowest BCUT2D eigenvalue weighted by Crippen LogP contribution is -2.38.